The minimum atomic E-state index is -3.17. The first-order valence-corrected chi connectivity index (χ1v) is 8.28. The number of hydrogen-bond donors (Lipinski definition) is 0. The van der Waals surface area contributed by atoms with Crippen LogP contribution in [0.4, 0.5) is 4.39 Å². The molecule has 0 radical (unpaired) electrons. The number of hydrogen-bond acceptors (Lipinski definition) is 3. The van der Waals surface area contributed by atoms with Gasteiger partial charge in [-0.3, -0.25) is 4.79 Å². The summed E-state index contributed by atoms with van der Waals surface area (Å²) in [6.07, 6.45) is 0. The summed E-state index contributed by atoms with van der Waals surface area (Å²) in [5, 5.41) is -0.513. The zero-order valence-corrected chi connectivity index (χ0v) is 12.4. The van der Waals surface area contributed by atoms with E-state index in [9.17, 15) is 17.6 Å². The zero-order valence-electron chi connectivity index (χ0n) is 11.5. The van der Waals surface area contributed by atoms with Gasteiger partial charge >= 0.3 is 0 Å². The van der Waals surface area contributed by atoms with Crippen molar-refractivity contribution < 1.29 is 17.6 Å². The lowest BCUT2D eigenvalue weighted by atomic mass is 10.1. The highest BCUT2D eigenvalue weighted by Gasteiger charge is 2.40. The Kier molecular flexibility index (Phi) is 4.13. The van der Waals surface area contributed by atoms with Crippen molar-refractivity contribution in [3.05, 3.63) is 35.6 Å². The minimum absolute atomic E-state index is 0.00722. The molecule has 1 saturated heterocycles. The van der Waals surface area contributed by atoms with Crippen LogP contribution >= 0.6 is 0 Å². The first-order valence-electron chi connectivity index (χ1n) is 6.56. The molecule has 2 rings (SSSR count). The SMILES string of the molecule is CC(C)CS(=O)(=O)C1CN(C(=O)c2ccccc2F)C1. The fourth-order valence-corrected chi connectivity index (χ4v) is 4.25. The average molecular weight is 299 g/mol. The Morgan fingerprint density at radius 3 is 2.50 bits per heavy atom. The number of amides is 1. The predicted octanol–water partition coefficient (Wildman–Crippen LogP) is 1.72. The predicted molar refractivity (Wildman–Crippen MR) is 74.7 cm³/mol. The molecule has 4 nitrogen and oxygen atoms in total. The van der Waals surface area contributed by atoms with Crippen LogP contribution in [-0.4, -0.2) is 43.3 Å². The summed E-state index contributed by atoms with van der Waals surface area (Å²) in [7, 11) is -3.17. The van der Waals surface area contributed by atoms with Gasteiger partial charge in [-0.2, -0.15) is 0 Å². The molecule has 1 aliphatic rings. The molecule has 0 saturated carbocycles. The van der Waals surface area contributed by atoms with Gasteiger partial charge in [-0.25, -0.2) is 12.8 Å². The summed E-state index contributed by atoms with van der Waals surface area (Å²) in [5.41, 5.74) is -0.00722. The van der Waals surface area contributed by atoms with E-state index in [2.05, 4.69) is 0 Å². The second kappa shape index (κ2) is 5.52. The second-order valence-corrected chi connectivity index (χ2v) is 7.86. The molecule has 110 valence electrons. The van der Waals surface area contributed by atoms with Crippen molar-refractivity contribution in [2.75, 3.05) is 18.8 Å². The van der Waals surface area contributed by atoms with Crippen molar-refractivity contribution in [3.63, 3.8) is 0 Å². The van der Waals surface area contributed by atoms with Crippen LogP contribution in [0.25, 0.3) is 0 Å². The van der Waals surface area contributed by atoms with Gasteiger partial charge in [-0.15, -0.1) is 0 Å². The van der Waals surface area contributed by atoms with E-state index >= 15 is 0 Å². The molecule has 0 N–H and O–H groups in total. The summed E-state index contributed by atoms with van der Waals surface area (Å²) in [6, 6.07) is 5.73. The topological polar surface area (TPSA) is 54.5 Å². The first-order chi connectivity index (χ1) is 9.31. The Morgan fingerprint density at radius 1 is 1.35 bits per heavy atom. The van der Waals surface area contributed by atoms with Crippen molar-refractivity contribution in [1.29, 1.82) is 0 Å². The third-order valence-corrected chi connectivity index (χ3v) is 5.76. The van der Waals surface area contributed by atoms with Crippen LogP contribution in [0.3, 0.4) is 0 Å². The molecule has 20 heavy (non-hydrogen) atoms. The third kappa shape index (κ3) is 3.00. The lowest BCUT2D eigenvalue weighted by Crippen LogP contribution is -2.57. The number of nitrogens with zero attached hydrogens (tertiary/aromatic N) is 1. The number of halogens is 1. The number of sulfone groups is 1. The molecule has 1 aliphatic heterocycles. The van der Waals surface area contributed by atoms with Crippen molar-refractivity contribution in [2.45, 2.75) is 19.1 Å². The lowest BCUT2D eigenvalue weighted by molar-refractivity contribution is 0.0654. The maximum Gasteiger partial charge on any atom is 0.256 e. The van der Waals surface area contributed by atoms with Gasteiger partial charge in [0, 0.05) is 13.1 Å². The van der Waals surface area contributed by atoms with Gasteiger partial charge in [0.15, 0.2) is 9.84 Å². The molecule has 0 aliphatic carbocycles. The van der Waals surface area contributed by atoms with Gasteiger partial charge < -0.3 is 4.90 Å². The molecule has 6 heteroatoms. The number of benzene rings is 1. The summed E-state index contributed by atoms with van der Waals surface area (Å²) in [5.74, 6) is -0.833. The quantitative estimate of drug-likeness (QED) is 0.850. The summed E-state index contributed by atoms with van der Waals surface area (Å²) in [6.45, 7) is 4.00. The van der Waals surface area contributed by atoms with Gasteiger partial charge in [0.1, 0.15) is 5.82 Å². The summed E-state index contributed by atoms with van der Waals surface area (Å²) in [4.78, 5) is 13.4. The van der Waals surface area contributed by atoms with E-state index in [0.717, 1.165) is 0 Å². The van der Waals surface area contributed by atoms with E-state index in [4.69, 9.17) is 0 Å². The van der Waals surface area contributed by atoms with Crippen LogP contribution in [-0.2, 0) is 9.84 Å². The Balaban J connectivity index is 2.01. The Labute approximate surface area is 118 Å². The Hall–Kier alpha value is -1.43. The van der Waals surface area contributed by atoms with Crippen molar-refractivity contribution in [3.8, 4) is 0 Å². The molecule has 0 spiro atoms. The van der Waals surface area contributed by atoms with Crippen molar-refractivity contribution in [1.82, 2.24) is 4.90 Å². The molecule has 0 unspecified atom stereocenters. The molecule has 0 aromatic heterocycles. The molecule has 1 amide bonds. The van der Waals surface area contributed by atoms with Crippen LogP contribution in [0.15, 0.2) is 24.3 Å². The summed E-state index contributed by atoms with van der Waals surface area (Å²) < 4.78 is 37.5. The summed E-state index contributed by atoms with van der Waals surface area (Å²) >= 11 is 0. The van der Waals surface area contributed by atoms with Gasteiger partial charge in [0.2, 0.25) is 0 Å². The van der Waals surface area contributed by atoms with Crippen LogP contribution < -0.4 is 0 Å². The first kappa shape index (κ1) is 15.0. The second-order valence-electron chi connectivity index (χ2n) is 5.54. The minimum Gasteiger partial charge on any atom is -0.336 e. The molecular formula is C14H18FNO3S. The highest BCUT2D eigenvalue weighted by molar-refractivity contribution is 7.92. The lowest BCUT2D eigenvalue weighted by Gasteiger charge is -2.39. The number of rotatable bonds is 4. The highest BCUT2D eigenvalue weighted by atomic mass is 32.2. The molecular weight excluding hydrogens is 281 g/mol. The molecule has 1 aromatic rings. The molecule has 0 bridgehead atoms. The van der Waals surface area contributed by atoms with E-state index in [1.165, 1.54) is 23.1 Å². The standard InChI is InChI=1S/C14H18FNO3S/c1-10(2)9-20(18,19)11-7-16(8-11)14(17)12-5-3-4-6-13(12)15/h3-6,10-11H,7-9H2,1-2H3. The Morgan fingerprint density at radius 2 is 1.95 bits per heavy atom. The smallest absolute Gasteiger partial charge is 0.256 e. The van der Waals surface area contributed by atoms with E-state index < -0.39 is 26.8 Å². The largest absolute Gasteiger partial charge is 0.336 e. The van der Waals surface area contributed by atoms with E-state index in [1.54, 1.807) is 6.07 Å². The van der Waals surface area contributed by atoms with Crippen LogP contribution in [0.2, 0.25) is 0 Å². The third-order valence-electron chi connectivity index (χ3n) is 3.31. The van der Waals surface area contributed by atoms with Gasteiger partial charge in [0.25, 0.3) is 5.91 Å². The van der Waals surface area contributed by atoms with E-state index in [0.29, 0.717) is 0 Å². The zero-order chi connectivity index (χ0) is 14.9. The van der Waals surface area contributed by atoms with Crippen LogP contribution in [0.1, 0.15) is 24.2 Å². The van der Waals surface area contributed by atoms with Crippen LogP contribution in [0.5, 0.6) is 0 Å². The van der Waals surface area contributed by atoms with E-state index in [1.807, 2.05) is 13.8 Å². The number of carbonyl (C=O) groups is 1. The Bertz CT molecular complexity index is 607. The van der Waals surface area contributed by atoms with Crippen molar-refractivity contribution in [2.24, 2.45) is 5.92 Å². The number of carbonyl (C=O) groups excluding carboxylic acids is 1. The number of likely N-dealkylation sites (tertiary alicyclic amines) is 1. The normalized spacial score (nSPS) is 16.3. The highest BCUT2D eigenvalue weighted by Crippen LogP contribution is 2.22. The maximum absolute atomic E-state index is 13.5. The maximum atomic E-state index is 13.5. The van der Waals surface area contributed by atoms with Gasteiger partial charge in [-0.1, -0.05) is 26.0 Å². The van der Waals surface area contributed by atoms with E-state index in [-0.39, 0.29) is 30.3 Å². The fourth-order valence-electron chi connectivity index (χ4n) is 2.24. The molecule has 1 heterocycles. The average Bonchev–Trinajstić information content (AvgIpc) is 2.24. The molecule has 1 fully saturated rings. The van der Waals surface area contributed by atoms with Crippen molar-refractivity contribution >= 4 is 15.7 Å². The van der Waals surface area contributed by atoms with Crippen LogP contribution in [0, 0.1) is 11.7 Å². The molecule has 0 atom stereocenters. The van der Waals surface area contributed by atoms with Gasteiger partial charge in [0.05, 0.1) is 16.6 Å². The molecule has 1 aromatic carbocycles. The van der Waals surface area contributed by atoms with Gasteiger partial charge in [-0.05, 0) is 18.1 Å². The fraction of sp³-hybridized carbons (Fsp3) is 0.500. The monoisotopic (exact) mass is 299 g/mol.